The van der Waals surface area contributed by atoms with Gasteiger partial charge in [0.1, 0.15) is 0 Å². The summed E-state index contributed by atoms with van der Waals surface area (Å²) in [6.07, 6.45) is 20.0. The number of ether oxygens (including phenoxy) is 2. The molecule has 0 saturated heterocycles. The Labute approximate surface area is 222 Å². The normalized spacial score (nSPS) is 40.0. The van der Waals surface area contributed by atoms with Crippen molar-refractivity contribution in [1.82, 2.24) is 0 Å². The van der Waals surface area contributed by atoms with Gasteiger partial charge in [0.25, 0.3) is 0 Å². The Hall–Kier alpha value is -0.640. The van der Waals surface area contributed by atoms with Crippen LogP contribution in [0.1, 0.15) is 99.3 Å². The highest BCUT2D eigenvalue weighted by molar-refractivity contribution is 5.25. The van der Waals surface area contributed by atoms with E-state index in [9.17, 15) is 0 Å². The van der Waals surface area contributed by atoms with Crippen LogP contribution in [-0.4, -0.2) is 37.6 Å². The predicted octanol–water partition coefficient (Wildman–Crippen LogP) is 7.83. The molecule has 0 aromatic carbocycles. The van der Waals surface area contributed by atoms with Crippen molar-refractivity contribution in [3.05, 3.63) is 23.8 Å². The Morgan fingerprint density at radius 3 is 2.53 bits per heavy atom. The second-order valence-electron chi connectivity index (χ2n) is 13.6. The molecular weight excluding hydrogens is 444 g/mol. The Morgan fingerprint density at radius 1 is 1.00 bits per heavy atom. The lowest BCUT2D eigenvalue weighted by Gasteiger charge is -2.58. The first-order valence-electron chi connectivity index (χ1n) is 15.4. The summed E-state index contributed by atoms with van der Waals surface area (Å²) < 4.78 is 11.6. The van der Waals surface area contributed by atoms with Gasteiger partial charge >= 0.3 is 0 Å². The highest BCUT2D eigenvalue weighted by Crippen LogP contribution is 2.67. The maximum absolute atomic E-state index is 8.88. The molecule has 3 saturated carbocycles. The first kappa shape index (κ1) is 28.4. The molecule has 0 radical (unpaired) electrons. The molecule has 4 rings (SSSR count). The van der Waals surface area contributed by atoms with Crippen molar-refractivity contribution in [1.29, 1.82) is 0 Å². The van der Waals surface area contributed by atoms with Crippen molar-refractivity contribution < 1.29 is 14.6 Å². The highest BCUT2D eigenvalue weighted by atomic mass is 16.5. The first-order valence-corrected chi connectivity index (χ1v) is 15.4. The van der Waals surface area contributed by atoms with Crippen LogP contribution in [0.5, 0.6) is 0 Å². The molecule has 0 aromatic heterocycles. The second-order valence-corrected chi connectivity index (χ2v) is 13.6. The summed E-state index contributed by atoms with van der Waals surface area (Å²) in [4.78, 5) is 0. The number of hydrogen-bond acceptors (Lipinski definition) is 3. The summed E-state index contributed by atoms with van der Waals surface area (Å²) in [5, 5.41) is 8.88. The van der Waals surface area contributed by atoms with E-state index in [2.05, 4.69) is 59.8 Å². The van der Waals surface area contributed by atoms with Crippen molar-refractivity contribution >= 4 is 0 Å². The Balaban J connectivity index is 1.40. The smallest absolute Gasteiger partial charge is 0.0704 e. The number of fused-ring (bicyclic) bond motifs is 5. The number of aliphatic hydroxyl groups excluding tert-OH is 1. The molecule has 1 unspecified atom stereocenters. The molecular formula is C33H56O3. The van der Waals surface area contributed by atoms with Gasteiger partial charge in [-0.2, -0.15) is 0 Å². The highest BCUT2D eigenvalue weighted by Gasteiger charge is 2.59. The summed E-state index contributed by atoms with van der Waals surface area (Å²) in [5.74, 6) is 5.65. The zero-order chi connectivity index (χ0) is 25.9. The molecule has 0 aliphatic heterocycles. The van der Waals surface area contributed by atoms with Crippen LogP contribution in [0.3, 0.4) is 0 Å². The fourth-order valence-corrected chi connectivity index (χ4v) is 9.40. The predicted molar refractivity (Wildman–Crippen MR) is 150 cm³/mol. The van der Waals surface area contributed by atoms with E-state index in [-0.39, 0.29) is 6.61 Å². The lowest BCUT2D eigenvalue weighted by atomic mass is 9.47. The van der Waals surface area contributed by atoms with Crippen molar-refractivity contribution in [2.45, 2.75) is 105 Å². The topological polar surface area (TPSA) is 38.7 Å². The average molecular weight is 501 g/mol. The second kappa shape index (κ2) is 12.0. The van der Waals surface area contributed by atoms with E-state index in [0.29, 0.717) is 42.7 Å². The van der Waals surface area contributed by atoms with E-state index in [4.69, 9.17) is 14.6 Å². The molecule has 4 aliphatic rings. The van der Waals surface area contributed by atoms with Gasteiger partial charge in [-0.15, -0.1) is 0 Å². The van der Waals surface area contributed by atoms with Crippen molar-refractivity contribution in [2.75, 3.05) is 26.4 Å². The van der Waals surface area contributed by atoms with Gasteiger partial charge in [-0.25, -0.2) is 0 Å². The third kappa shape index (κ3) is 5.55. The SMILES string of the molecule is CC[C@H](/C=C/[C@@H](C)[C@H]1CC[C@H]2[C@@H]3CC=C4CC(OCCOCCO)CC[C@]4(C)[C@H]3CC[C@]12C)C(C)C. The number of rotatable bonds is 11. The van der Waals surface area contributed by atoms with Gasteiger partial charge in [0.05, 0.1) is 32.5 Å². The largest absolute Gasteiger partial charge is 0.394 e. The Kier molecular flexibility index (Phi) is 9.49. The Morgan fingerprint density at radius 2 is 1.81 bits per heavy atom. The molecule has 1 N–H and O–H groups in total. The summed E-state index contributed by atoms with van der Waals surface area (Å²) >= 11 is 0. The minimum atomic E-state index is 0.0884. The maximum atomic E-state index is 8.88. The van der Waals surface area contributed by atoms with Crippen molar-refractivity contribution in [2.24, 2.45) is 52.3 Å². The van der Waals surface area contributed by atoms with Crippen LogP contribution in [0.4, 0.5) is 0 Å². The van der Waals surface area contributed by atoms with Crippen LogP contribution in [0.25, 0.3) is 0 Å². The molecule has 0 aromatic rings. The van der Waals surface area contributed by atoms with Crippen molar-refractivity contribution in [3.63, 3.8) is 0 Å². The number of allylic oxidation sites excluding steroid dienone is 3. The Bertz CT molecular complexity index is 771. The van der Waals surface area contributed by atoms with Gasteiger partial charge in [0, 0.05) is 0 Å². The first-order chi connectivity index (χ1) is 17.2. The van der Waals surface area contributed by atoms with Crippen LogP contribution in [0.15, 0.2) is 23.8 Å². The molecule has 0 amide bonds. The summed E-state index contributed by atoms with van der Waals surface area (Å²) in [6, 6.07) is 0. The van der Waals surface area contributed by atoms with E-state index in [1.54, 1.807) is 5.57 Å². The number of hydrogen-bond donors (Lipinski definition) is 1. The fraction of sp³-hybridized carbons (Fsp3) is 0.879. The molecule has 0 bridgehead atoms. The molecule has 9 atom stereocenters. The van der Waals surface area contributed by atoms with Gasteiger partial charge in [-0.1, -0.05) is 65.3 Å². The van der Waals surface area contributed by atoms with Gasteiger partial charge in [0.2, 0.25) is 0 Å². The third-order valence-corrected chi connectivity index (χ3v) is 11.6. The maximum Gasteiger partial charge on any atom is 0.0704 e. The molecule has 36 heavy (non-hydrogen) atoms. The molecule has 0 spiro atoms. The summed E-state index contributed by atoms with van der Waals surface area (Å²) in [5.41, 5.74) is 2.60. The van der Waals surface area contributed by atoms with Crippen LogP contribution in [-0.2, 0) is 9.47 Å². The molecule has 206 valence electrons. The van der Waals surface area contributed by atoms with Gasteiger partial charge < -0.3 is 14.6 Å². The summed E-state index contributed by atoms with van der Waals surface area (Å²) in [6.45, 7) is 16.6. The van der Waals surface area contributed by atoms with Gasteiger partial charge in [-0.05, 0) is 110 Å². The molecule has 0 heterocycles. The molecule has 3 heteroatoms. The van der Waals surface area contributed by atoms with Crippen LogP contribution < -0.4 is 0 Å². The van der Waals surface area contributed by atoms with E-state index in [1.165, 1.54) is 51.4 Å². The minimum absolute atomic E-state index is 0.0884. The van der Waals surface area contributed by atoms with Gasteiger partial charge in [0.15, 0.2) is 0 Å². The zero-order valence-corrected chi connectivity index (χ0v) is 24.3. The monoisotopic (exact) mass is 500 g/mol. The molecule has 3 fully saturated rings. The summed E-state index contributed by atoms with van der Waals surface area (Å²) in [7, 11) is 0. The fourth-order valence-electron chi connectivity index (χ4n) is 9.40. The lowest BCUT2D eigenvalue weighted by Crippen LogP contribution is -2.51. The van der Waals surface area contributed by atoms with E-state index >= 15 is 0 Å². The lowest BCUT2D eigenvalue weighted by molar-refractivity contribution is -0.0662. The average Bonchev–Trinajstić information content (AvgIpc) is 3.21. The minimum Gasteiger partial charge on any atom is -0.394 e. The number of aliphatic hydroxyl groups is 1. The zero-order valence-electron chi connectivity index (χ0n) is 24.3. The molecule has 3 nitrogen and oxygen atoms in total. The van der Waals surface area contributed by atoms with E-state index in [1.807, 2.05) is 0 Å². The van der Waals surface area contributed by atoms with E-state index < -0.39 is 0 Å². The van der Waals surface area contributed by atoms with Gasteiger partial charge in [-0.3, -0.25) is 0 Å². The quantitative estimate of drug-likeness (QED) is 0.232. The third-order valence-electron chi connectivity index (χ3n) is 11.6. The van der Waals surface area contributed by atoms with E-state index in [0.717, 1.165) is 41.9 Å². The van der Waals surface area contributed by atoms with Crippen LogP contribution in [0.2, 0.25) is 0 Å². The molecule has 4 aliphatic carbocycles. The van der Waals surface area contributed by atoms with Crippen LogP contribution in [0, 0.1) is 52.3 Å². The standard InChI is InChI=1S/C33H56O3/c1-7-25(23(2)3)9-8-24(4)29-12-13-30-28-11-10-26-22-27(36-21-20-35-19-18-34)14-16-32(26,5)31(28)15-17-33(29,30)6/h8-10,23-25,27-31,34H,7,11-22H2,1-6H3/b9-8+/t24-,25-,27?,28+,29-,30+,31+,32+,33-/m1/s1. The van der Waals surface area contributed by atoms with Crippen molar-refractivity contribution in [3.8, 4) is 0 Å². The van der Waals surface area contributed by atoms with Crippen LogP contribution >= 0.6 is 0 Å².